The van der Waals surface area contributed by atoms with E-state index in [1.54, 1.807) is 37.3 Å². The second-order valence-electron chi connectivity index (χ2n) is 8.71. The molecule has 3 aromatic rings. The van der Waals surface area contributed by atoms with Crippen molar-refractivity contribution in [2.24, 2.45) is 4.99 Å². The Hall–Kier alpha value is -2.66. The summed E-state index contributed by atoms with van der Waals surface area (Å²) in [6, 6.07) is 8.04. The first-order valence-corrected chi connectivity index (χ1v) is 15.3. The maximum absolute atomic E-state index is 14.0. The van der Waals surface area contributed by atoms with Crippen molar-refractivity contribution in [3.05, 3.63) is 99.0 Å². The lowest BCUT2D eigenvalue weighted by Gasteiger charge is -2.27. The number of allylic oxidation sites excluding steroid dienone is 1. The van der Waals surface area contributed by atoms with Gasteiger partial charge < -0.3 is 14.2 Å². The lowest BCUT2D eigenvalue weighted by molar-refractivity contribution is -0.139. The van der Waals surface area contributed by atoms with E-state index in [4.69, 9.17) is 30.8 Å². The Balaban J connectivity index is 1.99. The summed E-state index contributed by atoms with van der Waals surface area (Å²) in [4.78, 5) is 32.7. The lowest BCUT2D eigenvalue weighted by Crippen LogP contribution is -2.40. The van der Waals surface area contributed by atoms with Crippen molar-refractivity contribution in [1.82, 2.24) is 4.57 Å². The van der Waals surface area contributed by atoms with Crippen LogP contribution >= 0.6 is 54.8 Å². The van der Waals surface area contributed by atoms with Crippen LogP contribution in [-0.2, 0) is 9.53 Å². The Morgan fingerprint density at radius 2 is 1.95 bits per heavy atom. The van der Waals surface area contributed by atoms with Gasteiger partial charge in [0.05, 0.1) is 38.5 Å². The highest BCUT2D eigenvalue weighted by atomic mass is 79.9. The van der Waals surface area contributed by atoms with Crippen LogP contribution in [0.5, 0.6) is 11.5 Å². The van der Waals surface area contributed by atoms with E-state index in [-0.39, 0.29) is 12.2 Å². The van der Waals surface area contributed by atoms with Gasteiger partial charge in [0.25, 0.3) is 5.56 Å². The van der Waals surface area contributed by atoms with E-state index in [1.165, 1.54) is 23.0 Å². The Morgan fingerprint density at radius 1 is 1.23 bits per heavy atom. The van der Waals surface area contributed by atoms with Gasteiger partial charge in [-0.3, -0.25) is 9.36 Å². The molecule has 4 rings (SSSR count). The number of methoxy groups -OCH3 is 1. The number of hydrogen-bond acceptors (Lipinski definition) is 7. The maximum atomic E-state index is 14.0. The first-order valence-electron chi connectivity index (χ1n) is 12.5. The van der Waals surface area contributed by atoms with Crippen molar-refractivity contribution in [3.63, 3.8) is 0 Å². The van der Waals surface area contributed by atoms with Crippen LogP contribution in [0.1, 0.15) is 43.9 Å². The summed E-state index contributed by atoms with van der Waals surface area (Å²) in [5.41, 5.74) is 1.92. The molecule has 0 aliphatic carbocycles. The summed E-state index contributed by atoms with van der Waals surface area (Å²) < 4.78 is 20.2. The third-order valence-electron chi connectivity index (χ3n) is 6.04. The van der Waals surface area contributed by atoms with Crippen LogP contribution in [0.4, 0.5) is 0 Å². The van der Waals surface area contributed by atoms with E-state index in [0.717, 1.165) is 20.9 Å². The number of ether oxygens (including phenoxy) is 3. The van der Waals surface area contributed by atoms with E-state index >= 15 is 0 Å². The number of halogens is 3. The second kappa shape index (κ2) is 13.3. The molecule has 0 unspecified atom stereocenters. The molecule has 1 aliphatic rings. The number of carbonyl (C=O) groups excluding carboxylic acids is 1. The Bertz CT molecular complexity index is 1660. The molecule has 1 aromatic heterocycles. The number of carbonyl (C=O) groups is 1. The van der Waals surface area contributed by atoms with E-state index < -0.39 is 12.0 Å². The molecule has 0 saturated carbocycles. The van der Waals surface area contributed by atoms with E-state index in [1.807, 2.05) is 19.1 Å². The molecule has 40 heavy (non-hydrogen) atoms. The number of thiazole rings is 1. The van der Waals surface area contributed by atoms with Crippen LogP contribution in [0.2, 0.25) is 5.02 Å². The number of aromatic nitrogens is 1. The van der Waals surface area contributed by atoms with Crippen LogP contribution in [0.25, 0.3) is 6.08 Å². The zero-order valence-electron chi connectivity index (χ0n) is 22.1. The van der Waals surface area contributed by atoms with Gasteiger partial charge in [0.2, 0.25) is 0 Å². The van der Waals surface area contributed by atoms with Crippen molar-refractivity contribution in [1.29, 1.82) is 0 Å². The van der Waals surface area contributed by atoms with Gasteiger partial charge >= 0.3 is 5.97 Å². The van der Waals surface area contributed by atoms with Gasteiger partial charge in [0.1, 0.15) is 24.1 Å². The quantitative estimate of drug-likeness (QED) is 0.182. The third kappa shape index (κ3) is 6.15. The minimum absolute atomic E-state index is 0.182. The third-order valence-corrected chi connectivity index (χ3v) is 8.44. The second-order valence-corrected chi connectivity index (χ2v) is 11.9. The van der Waals surface area contributed by atoms with Gasteiger partial charge in [-0.2, -0.15) is 0 Å². The van der Waals surface area contributed by atoms with Gasteiger partial charge in [-0.05, 0) is 87.2 Å². The standard InChI is InChI=1S/C29H27Br2ClN2O5S/c1-5-8-21-24(28(36)38-7-3)25(18-15-17(32)9-10-22(18)37-4)34-27(35)23(40-29(34)33-21)14-16-12-19(30)26(20(31)13-16)39-11-6-2/h6,9-10,12-15,25H,2,5,7-8,11H2,1,3-4H3/b23-14+/t25-/m0/s1. The minimum atomic E-state index is -0.833. The maximum Gasteiger partial charge on any atom is 0.338 e. The summed E-state index contributed by atoms with van der Waals surface area (Å²) in [7, 11) is 1.54. The smallest absolute Gasteiger partial charge is 0.338 e. The first kappa shape index (κ1) is 30.3. The molecule has 11 heteroatoms. The van der Waals surface area contributed by atoms with E-state index in [2.05, 4.69) is 38.4 Å². The van der Waals surface area contributed by atoms with Crippen LogP contribution in [0.15, 0.2) is 73.0 Å². The average Bonchev–Trinajstić information content (AvgIpc) is 3.22. The predicted octanol–water partition coefficient (Wildman–Crippen LogP) is 6.33. The molecule has 0 saturated heterocycles. The molecular formula is C29H27Br2ClN2O5S. The van der Waals surface area contributed by atoms with Gasteiger partial charge in [0.15, 0.2) is 4.80 Å². The molecule has 210 valence electrons. The van der Waals surface area contributed by atoms with Crippen molar-refractivity contribution >= 4 is 66.8 Å². The van der Waals surface area contributed by atoms with Crippen molar-refractivity contribution in [3.8, 4) is 11.5 Å². The molecule has 2 heterocycles. The number of hydrogen-bond donors (Lipinski definition) is 0. The van der Waals surface area contributed by atoms with E-state index in [0.29, 0.717) is 55.7 Å². The predicted molar refractivity (Wildman–Crippen MR) is 165 cm³/mol. The molecule has 0 bridgehead atoms. The Labute approximate surface area is 257 Å². The average molecular weight is 711 g/mol. The molecule has 1 atom stereocenters. The molecule has 0 spiro atoms. The number of esters is 1. The normalized spacial score (nSPS) is 14.9. The van der Waals surface area contributed by atoms with Crippen LogP contribution in [0, 0.1) is 0 Å². The van der Waals surface area contributed by atoms with Crippen molar-refractivity contribution < 1.29 is 19.0 Å². The molecule has 0 radical (unpaired) electrons. The minimum Gasteiger partial charge on any atom is -0.496 e. The number of fused-ring (bicyclic) bond motifs is 1. The highest BCUT2D eigenvalue weighted by Crippen LogP contribution is 2.38. The highest BCUT2D eigenvalue weighted by Gasteiger charge is 2.36. The van der Waals surface area contributed by atoms with Gasteiger partial charge in [0, 0.05) is 10.6 Å². The lowest BCUT2D eigenvalue weighted by atomic mass is 9.93. The number of benzene rings is 2. The van der Waals surface area contributed by atoms with E-state index in [9.17, 15) is 9.59 Å². The fourth-order valence-electron chi connectivity index (χ4n) is 4.43. The van der Waals surface area contributed by atoms with Gasteiger partial charge in [-0.25, -0.2) is 9.79 Å². The zero-order valence-corrected chi connectivity index (χ0v) is 26.9. The van der Waals surface area contributed by atoms with Crippen molar-refractivity contribution in [2.75, 3.05) is 20.3 Å². The SMILES string of the molecule is C=CCOc1c(Br)cc(/C=c2/sc3n(c2=O)[C@@H](c2cc(Cl)ccc2OC)C(C(=O)OCC)=C(CCC)N=3)cc1Br. The van der Waals surface area contributed by atoms with Gasteiger partial charge in [-0.1, -0.05) is 48.9 Å². The van der Waals surface area contributed by atoms with Crippen LogP contribution < -0.4 is 24.4 Å². The topological polar surface area (TPSA) is 79.1 Å². The summed E-state index contributed by atoms with van der Waals surface area (Å²) in [5.74, 6) is 0.598. The molecular weight excluding hydrogens is 684 g/mol. The summed E-state index contributed by atoms with van der Waals surface area (Å²) >= 11 is 14.8. The zero-order chi connectivity index (χ0) is 29.0. The Morgan fingerprint density at radius 3 is 2.58 bits per heavy atom. The van der Waals surface area contributed by atoms with Crippen molar-refractivity contribution in [2.45, 2.75) is 32.7 Å². The molecule has 1 aliphatic heterocycles. The summed E-state index contributed by atoms with van der Waals surface area (Å²) in [6.07, 6.45) is 4.73. The monoisotopic (exact) mass is 708 g/mol. The largest absolute Gasteiger partial charge is 0.496 e. The fourth-order valence-corrected chi connectivity index (χ4v) is 7.08. The van der Waals surface area contributed by atoms with Crippen LogP contribution in [0.3, 0.4) is 0 Å². The molecule has 0 fully saturated rings. The molecule has 7 nitrogen and oxygen atoms in total. The molecule has 2 aromatic carbocycles. The highest BCUT2D eigenvalue weighted by molar-refractivity contribution is 9.11. The fraction of sp³-hybridized carbons (Fsp3) is 0.276. The summed E-state index contributed by atoms with van der Waals surface area (Å²) in [6.45, 7) is 7.97. The Kier molecular flexibility index (Phi) is 10.1. The van der Waals surface area contributed by atoms with Crippen LogP contribution in [-0.4, -0.2) is 30.9 Å². The molecule has 0 amide bonds. The summed E-state index contributed by atoms with van der Waals surface area (Å²) in [5, 5.41) is 0.448. The number of rotatable bonds is 10. The molecule has 0 N–H and O–H groups in total. The first-order chi connectivity index (χ1) is 19.2. The number of nitrogens with zero attached hydrogens (tertiary/aromatic N) is 2. The van der Waals surface area contributed by atoms with Gasteiger partial charge in [-0.15, -0.1) is 0 Å².